The first-order chi connectivity index (χ1) is 16.1. The van der Waals surface area contributed by atoms with Crippen LogP contribution in [0.5, 0.6) is 0 Å². The largest absolute Gasteiger partial charge is 0.439 e. The molecule has 0 saturated carbocycles. The Hall–Kier alpha value is -4.31. The minimum atomic E-state index is -0.0757. The van der Waals surface area contributed by atoms with Gasteiger partial charge in [-0.2, -0.15) is 0 Å². The topological polar surface area (TPSA) is 47.2 Å². The summed E-state index contributed by atoms with van der Waals surface area (Å²) in [4.78, 5) is 13.7. The zero-order valence-corrected chi connectivity index (χ0v) is 18.4. The van der Waals surface area contributed by atoms with Crippen LogP contribution in [0.3, 0.4) is 0 Å². The van der Waals surface area contributed by atoms with Crippen molar-refractivity contribution in [1.82, 2.24) is 4.57 Å². The quantitative estimate of drug-likeness (QED) is 0.324. The molecule has 2 heterocycles. The van der Waals surface area contributed by atoms with E-state index in [9.17, 15) is 4.79 Å². The molecule has 0 radical (unpaired) electrons. The van der Waals surface area contributed by atoms with Crippen molar-refractivity contribution in [2.24, 2.45) is 7.05 Å². The van der Waals surface area contributed by atoms with Gasteiger partial charge in [0.25, 0.3) is 5.56 Å². The van der Waals surface area contributed by atoms with E-state index in [-0.39, 0.29) is 5.56 Å². The lowest BCUT2D eigenvalue weighted by molar-refractivity contribution is 0.637. The van der Waals surface area contributed by atoms with E-state index in [0.717, 1.165) is 44.1 Å². The van der Waals surface area contributed by atoms with Crippen molar-refractivity contribution in [2.75, 3.05) is 5.32 Å². The van der Waals surface area contributed by atoms with Crippen molar-refractivity contribution >= 4 is 44.2 Å². The average Bonchev–Trinajstić information content (AvgIpc) is 3.23. The maximum absolute atomic E-state index is 13.7. The van der Waals surface area contributed by atoms with Crippen molar-refractivity contribution in [1.29, 1.82) is 0 Å². The molecule has 0 saturated heterocycles. The average molecular weight is 431 g/mol. The van der Waals surface area contributed by atoms with Crippen molar-refractivity contribution < 1.29 is 4.42 Å². The first-order valence-corrected chi connectivity index (χ1v) is 11.0. The summed E-state index contributed by atoms with van der Waals surface area (Å²) >= 11 is 0. The summed E-state index contributed by atoms with van der Waals surface area (Å²) in [6.45, 7) is 2.05. The molecule has 0 atom stereocenters. The Balaban J connectivity index is 1.77. The second-order valence-electron chi connectivity index (χ2n) is 8.36. The molecule has 33 heavy (non-hydrogen) atoms. The highest BCUT2D eigenvalue weighted by molar-refractivity contribution is 6.14. The normalized spacial score (nSPS) is 11.5. The molecule has 1 N–H and O–H groups in total. The Morgan fingerprint density at radius 2 is 1.48 bits per heavy atom. The molecule has 0 unspecified atom stereocenters. The van der Waals surface area contributed by atoms with E-state index < -0.39 is 0 Å². The molecule has 0 bridgehead atoms. The van der Waals surface area contributed by atoms with Crippen LogP contribution in [0.1, 0.15) is 5.56 Å². The number of hydrogen-bond acceptors (Lipinski definition) is 3. The lowest BCUT2D eigenvalue weighted by atomic mass is 9.97. The van der Waals surface area contributed by atoms with Gasteiger partial charge >= 0.3 is 0 Å². The number of anilines is 2. The monoisotopic (exact) mass is 430 g/mol. The van der Waals surface area contributed by atoms with Gasteiger partial charge in [-0.25, -0.2) is 0 Å². The summed E-state index contributed by atoms with van der Waals surface area (Å²) in [5, 5.41) is 7.18. The number of nitrogens with one attached hydrogen (secondary N) is 1. The summed E-state index contributed by atoms with van der Waals surface area (Å²) in [6.07, 6.45) is 0. The van der Waals surface area contributed by atoms with Crippen molar-refractivity contribution in [3.63, 3.8) is 0 Å². The fourth-order valence-electron chi connectivity index (χ4n) is 4.68. The second-order valence-corrected chi connectivity index (χ2v) is 8.36. The Labute approximate surface area is 190 Å². The van der Waals surface area contributed by atoms with Crippen molar-refractivity contribution in [3.8, 4) is 11.1 Å². The Morgan fingerprint density at radius 3 is 2.33 bits per heavy atom. The van der Waals surface area contributed by atoms with Crippen LogP contribution in [0, 0.1) is 6.92 Å². The third-order valence-corrected chi connectivity index (χ3v) is 6.39. The summed E-state index contributed by atoms with van der Waals surface area (Å²) in [6, 6.07) is 30.3. The van der Waals surface area contributed by atoms with Crippen LogP contribution in [0.4, 0.5) is 11.6 Å². The van der Waals surface area contributed by atoms with E-state index in [1.165, 1.54) is 0 Å². The number of pyridine rings is 1. The predicted molar refractivity (Wildman–Crippen MR) is 136 cm³/mol. The van der Waals surface area contributed by atoms with Crippen LogP contribution in [-0.2, 0) is 7.05 Å². The van der Waals surface area contributed by atoms with Gasteiger partial charge in [-0.15, -0.1) is 0 Å². The second kappa shape index (κ2) is 7.38. The molecule has 6 aromatic rings. The molecular formula is C29H22N2O2. The summed E-state index contributed by atoms with van der Waals surface area (Å²) in [5.74, 6) is 0.573. The molecule has 4 nitrogen and oxygen atoms in total. The fourth-order valence-corrected chi connectivity index (χ4v) is 4.68. The lowest BCUT2D eigenvalue weighted by Crippen LogP contribution is -2.17. The number of aromatic nitrogens is 1. The van der Waals surface area contributed by atoms with Crippen LogP contribution < -0.4 is 10.9 Å². The predicted octanol–water partition coefficient (Wildman–Crippen LogP) is 7.16. The van der Waals surface area contributed by atoms with Crippen LogP contribution in [-0.4, -0.2) is 4.57 Å². The molecule has 0 aliphatic rings. The number of benzene rings is 4. The molecule has 0 fully saturated rings. The molecule has 6 rings (SSSR count). The van der Waals surface area contributed by atoms with Crippen LogP contribution in [0.2, 0.25) is 0 Å². The molecular weight excluding hydrogens is 408 g/mol. The summed E-state index contributed by atoms with van der Waals surface area (Å²) in [7, 11) is 1.82. The number of nitrogens with zero attached hydrogens (tertiary/aromatic N) is 1. The van der Waals surface area contributed by atoms with Crippen LogP contribution in [0.15, 0.2) is 100 Å². The van der Waals surface area contributed by atoms with Crippen molar-refractivity contribution in [2.45, 2.75) is 6.92 Å². The molecule has 2 aromatic heterocycles. The van der Waals surface area contributed by atoms with Gasteiger partial charge in [-0.05, 0) is 47.0 Å². The third kappa shape index (κ3) is 2.95. The van der Waals surface area contributed by atoms with E-state index in [1.54, 1.807) is 4.57 Å². The zero-order valence-electron chi connectivity index (χ0n) is 18.4. The SMILES string of the molecule is Cc1ccccc1Nc1oc2c(c1-c1cccc3ccccc13)c(=O)n(C)c1ccccc21. The number of hydrogen-bond donors (Lipinski definition) is 1. The van der Waals surface area contributed by atoms with E-state index >= 15 is 0 Å². The van der Waals surface area contributed by atoms with Gasteiger partial charge in [0.15, 0.2) is 5.58 Å². The van der Waals surface area contributed by atoms with E-state index in [2.05, 4.69) is 42.6 Å². The molecule has 0 amide bonds. The highest BCUT2D eigenvalue weighted by Gasteiger charge is 2.24. The van der Waals surface area contributed by atoms with Gasteiger partial charge in [0.05, 0.1) is 16.5 Å². The zero-order chi connectivity index (χ0) is 22.5. The van der Waals surface area contributed by atoms with Gasteiger partial charge in [0.2, 0.25) is 5.88 Å². The summed E-state index contributed by atoms with van der Waals surface area (Å²) in [5.41, 5.74) is 5.17. The smallest absolute Gasteiger partial charge is 0.262 e. The minimum Gasteiger partial charge on any atom is -0.439 e. The molecule has 0 aliphatic heterocycles. The maximum Gasteiger partial charge on any atom is 0.262 e. The van der Waals surface area contributed by atoms with Gasteiger partial charge in [-0.3, -0.25) is 4.79 Å². The van der Waals surface area contributed by atoms with Gasteiger partial charge in [0.1, 0.15) is 0 Å². The molecule has 4 heteroatoms. The van der Waals surface area contributed by atoms with Crippen LogP contribution >= 0.6 is 0 Å². The Bertz CT molecular complexity index is 1740. The number of para-hydroxylation sites is 2. The highest BCUT2D eigenvalue weighted by atomic mass is 16.4. The number of fused-ring (bicyclic) bond motifs is 4. The molecule has 0 aliphatic carbocycles. The van der Waals surface area contributed by atoms with Gasteiger partial charge < -0.3 is 14.3 Å². The summed E-state index contributed by atoms with van der Waals surface area (Å²) < 4.78 is 8.19. The Kier molecular flexibility index (Phi) is 4.34. The third-order valence-electron chi connectivity index (χ3n) is 6.39. The minimum absolute atomic E-state index is 0.0757. The Morgan fingerprint density at radius 1 is 0.788 bits per heavy atom. The molecule has 0 spiro atoms. The van der Waals surface area contributed by atoms with E-state index in [0.29, 0.717) is 16.9 Å². The van der Waals surface area contributed by atoms with Crippen LogP contribution in [0.25, 0.3) is 43.8 Å². The van der Waals surface area contributed by atoms with E-state index in [4.69, 9.17) is 4.42 Å². The molecule has 4 aromatic carbocycles. The molecule has 160 valence electrons. The maximum atomic E-state index is 13.7. The number of furan rings is 1. The highest BCUT2D eigenvalue weighted by Crippen LogP contribution is 2.43. The van der Waals surface area contributed by atoms with Gasteiger partial charge in [0, 0.05) is 18.1 Å². The number of rotatable bonds is 3. The fraction of sp³-hybridized carbons (Fsp3) is 0.0690. The number of aryl methyl sites for hydroxylation is 2. The first kappa shape index (κ1) is 19.4. The van der Waals surface area contributed by atoms with Crippen molar-refractivity contribution in [3.05, 3.63) is 107 Å². The lowest BCUT2D eigenvalue weighted by Gasteiger charge is -2.11. The first-order valence-electron chi connectivity index (χ1n) is 11.0. The van der Waals surface area contributed by atoms with Gasteiger partial charge in [-0.1, -0.05) is 72.8 Å². The van der Waals surface area contributed by atoms with E-state index in [1.807, 2.05) is 67.7 Å². The standard InChI is InChI=1S/C29H22N2O2/c1-18-10-3-7-16-23(18)30-28-25(21-15-9-12-19-11-4-5-13-20(19)21)26-27(33-28)22-14-6-8-17-24(22)31(2)29(26)32/h3-17,30H,1-2H3.